The molecule has 7 heteroatoms. The molecule has 1 aliphatic rings. The summed E-state index contributed by atoms with van der Waals surface area (Å²) in [6.07, 6.45) is 5.24. The number of hydrogen-bond donors (Lipinski definition) is 1. The molecule has 0 radical (unpaired) electrons. The average Bonchev–Trinajstić information content (AvgIpc) is 2.61. The van der Waals surface area contributed by atoms with Crippen molar-refractivity contribution in [2.24, 2.45) is 0 Å². The highest BCUT2D eigenvalue weighted by atomic mass is 79.9. The molecule has 2 aromatic rings. The minimum absolute atomic E-state index is 0.208. The monoisotopic (exact) mass is 462 g/mol. The third kappa shape index (κ3) is 8.81. The number of rotatable bonds is 2. The van der Waals surface area contributed by atoms with Gasteiger partial charge in [-0.2, -0.15) is 0 Å². The maximum absolute atomic E-state index is 12.0. The van der Waals surface area contributed by atoms with Crippen molar-refractivity contribution in [1.29, 1.82) is 0 Å². The molecule has 0 unspecified atom stereocenters. The number of carbonyl (C=O) groups excluding carboxylic acids is 1. The number of amides is 1. The smallest absolute Gasteiger partial charge is 0.410 e. The average molecular weight is 463 g/mol. The van der Waals surface area contributed by atoms with E-state index in [9.17, 15) is 4.79 Å². The summed E-state index contributed by atoms with van der Waals surface area (Å²) in [6.45, 7) is 11.1. The second kappa shape index (κ2) is 10.6. The van der Waals surface area contributed by atoms with E-state index in [1.54, 1.807) is 11.1 Å². The number of aromatic nitrogens is 2. The lowest BCUT2D eigenvalue weighted by Gasteiger charge is -2.34. The highest BCUT2D eigenvalue weighted by Gasteiger charge is 2.26. The van der Waals surface area contributed by atoms with Crippen LogP contribution in [-0.4, -0.2) is 45.7 Å². The van der Waals surface area contributed by atoms with E-state index in [-0.39, 0.29) is 6.09 Å². The lowest BCUT2D eigenvalue weighted by atomic mass is 10.1. The Labute approximate surface area is 182 Å². The number of nitrogens with one attached hydrogen (secondary N) is 1. The van der Waals surface area contributed by atoms with Crippen molar-refractivity contribution in [2.75, 3.05) is 18.4 Å². The summed E-state index contributed by atoms with van der Waals surface area (Å²) in [4.78, 5) is 22.0. The van der Waals surface area contributed by atoms with Crippen LogP contribution in [0.4, 0.5) is 10.5 Å². The van der Waals surface area contributed by atoms with Crippen molar-refractivity contribution in [3.8, 4) is 0 Å². The topological polar surface area (TPSA) is 67.4 Å². The van der Waals surface area contributed by atoms with Gasteiger partial charge in [-0.3, -0.25) is 9.97 Å². The molecule has 1 aliphatic heterocycles. The van der Waals surface area contributed by atoms with Crippen LogP contribution in [0.2, 0.25) is 0 Å². The van der Waals surface area contributed by atoms with Gasteiger partial charge in [0, 0.05) is 53.1 Å². The van der Waals surface area contributed by atoms with Crippen LogP contribution in [0.15, 0.2) is 41.1 Å². The second-order valence-electron chi connectivity index (χ2n) is 8.19. The van der Waals surface area contributed by atoms with Crippen molar-refractivity contribution in [3.63, 3.8) is 0 Å². The zero-order chi connectivity index (χ0) is 21.4. The van der Waals surface area contributed by atoms with E-state index in [2.05, 4.69) is 31.2 Å². The highest BCUT2D eigenvalue weighted by molar-refractivity contribution is 9.10. The van der Waals surface area contributed by atoms with Crippen LogP contribution in [0.5, 0.6) is 0 Å². The minimum Gasteiger partial charge on any atom is -0.444 e. The molecular weight excluding hydrogens is 432 g/mol. The fraction of sp³-hybridized carbons (Fsp3) is 0.500. The Bertz CT molecular complexity index is 782. The number of nitrogens with zero attached hydrogens (tertiary/aromatic N) is 3. The van der Waals surface area contributed by atoms with E-state index in [0.29, 0.717) is 6.04 Å². The maximum atomic E-state index is 12.0. The number of aryl methyl sites for hydroxylation is 2. The number of carbonyl (C=O) groups is 1. The van der Waals surface area contributed by atoms with Crippen molar-refractivity contribution < 1.29 is 9.53 Å². The molecule has 0 aromatic carbocycles. The van der Waals surface area contributed by atoms with E-state index in [1.165, 1.54) is 0 Å². The van der Waals surface area contributed by atoms with Gasteiger partial charge in [-0.25, -0.2) is 4.79 Å². The molecule has 0 bridgehead atoms. The van der Waals surface area contributed by atoms with Gasteiger partial charge in [0.2, 0.25) is 0 Å². The SMILES string of the molecule is Cc1cc(Br)ccn1.Cc1cc(NC2CCN(C(=O)OC(C)(C)C)CC2)ccn1. The molecule has 1 amide bonds. The fourth-order valence-corrected chi connectivity index (χ4v) is 3.36. The molecule has 3 heterocycles. The number of piperidine rings is 1. The third-order valence-electron chi connectivity index (χ3n) is 4.27. The first kappa shape index (κ1) is 23.1. The molecule has 158 valence electrons. The standard InChI is InChI=1S/C16H25N3O2.C6H6BrN/c1-12-11-14(5-8-17-12)18-13-6-9-19(10-7-13)15(20)21-16(2,3)4;1-5-4-6(7)2-3-8-5/h5,8,11,13H,6-7,9-10H2,1-4H3,(H,17,18);2-4H,1H3. The van der Waals surface area contributed by atoms with Crippen molar-refractivity contribution in [3.05, 3.63) is 52.5 Å². The lowest BCUT2D eigenvalue weighted by Crippen LogP contribution is -2.44. The fourth-order valence-electron chi connectivity index (χ4n) is 2.91. The minimum atomic E-state index is -0.430. The zero-order valence-corrected chi connectivity index (χ0v) is 19.5. The van der Waals surface area contributed by atoms with Gasteiger partial charge in [0.15, 0.2) is 0 Å². The van der Waals surface area contributed by atoms with Crippen LogP contribution in [-0.2, 0) is 4.74 Å². The number of halogens is 1. The van der Waals surface area contributed by atoms with Gasteiger partial charge in [-0.1, -0.05) is 15.9 Å². The summed E-state index contributed by atoms with van der Waals surface area (Å²) in [6, 6.07) is 8.30. The molecule has 1 saturated heterocycles. The Morgan fingerprint density at radius 1 is 1.10 bits per heavy atom. The summed E-state index contributed by atoms with van der Waals surface area (Å²) in [5.74, 6) is 0. The Balaban J connectivity index is 0.000000313. The zero-order valence-electron chi connectivity index (χ0n) is 17.9. The molecule has 0 aliphatic carbocycles. The highest BCUT2D eigenvalue weighted by Crippen LogP contribution is 2.19. The molecule has 0 saturated carbocycles. The van der Waals surface area contributed by atoms with E-state index in [0.717, 1.165) is 47.5 Å². The summed E-state index contributed by atoms with van der Waals surface area (Å²) in [5.41, 5.74) is 2.71. The summed E-state index contributed by atoms with van der Waals surface area (Å²) < 4.78 is 6.49. The Hall–Kier alpha value is -2.15. The van der Waals surface area contributed by atoms with Crippen molar-refractivity contribution in [2.45, 2.75) is 59.1 Å². The van der Waals surface area contributed by atoms with Crippen LogP contribution in [0.1, 0.15) is 45.0 Å². The molecule has 2 aromatic heterocycles. The van der Waals surface area contributed by atoms with Crippen LogP contribution < -0.4 is 5.32 Å². The summed E-state index contributed by atoms with van der Waals surface area (Å²) in [5, 5.41) is 3.51. The van der Waals surface area contributed by atoms with Crippen molar-refractivity contribution in [1.82, 2.24) is 14.9 Å². The normalized spacial score (nSPS) is 14.6. The van der Waals surface area contributed by atoms with Gasteiger partial charge < -0.3 is 15.0 Å². The molecule has 0 spiro atoms. The van der Waals surface area contributed by atoms with Crippen LogP contribution >= 0.6 is 15.9 Å². The quantitative estimate of drug-likeness (QED) is 0.650. The second-order valence-corrected chi connectivity index (χ2v) is 9.10. The van der Waals surface area contributed by atoms with Crippen LogP contribution in [0, 0.1) is 13.8 Å². The number of likely N-dealkylation sites (tertiary alicyclic amines) is 1. The Morgan fingerprint density at radius 3 is 2.17 bits per heavy atom. The predicted octanol–water partition coefficient (Wildman–Crippen LogP) is 5.35. The van der Waals surface area contributed by atoms with Gasteiger partial charge in [0.05, 0.1) is 0 Å². The number of pyridine rings is 2. The first-order valence-electron chi connectivity index (χ1n) is 9.87. The molecule has 1 N–H and O–H groups in total. The van der Waals surface area contributed by atoms with Gasteiger partial charge in [0.1, 0.15) is 5.60 Å². The molecule has 6 nitrogen and oxygen atoms in total. The molecular formula is C22H31BrN4O2. The van der Waals surface area contributed by atoms with Gasteiger partial charge in [-0.05, 0) is 71.7 Å². The molecule has 3 rings (SSSR count). The third-order valence-corrected chi connectivity index (χ3v) is 4.77. The van der Waals surface area contributed by atoms with Gasteiger partial charge in [-0.15, -0.1) is 0 Å². The first-order valence-corrected chi connectivity index (χ1v) is 10.7. The van der Waals surface area contributed by atoms with Crippen LogP contribution in [0.25, 0.3) is 0 Å². The van der Waals surface area contributed by atoms with Crippen molar-refractivity contribution >= 4 is 27.7 Å². The van der Waals surface area contributed by atoms with E-state index >= 15 is 0 Å². The predicted molar refractivity (Wildman–Crippen MR) is 120 cm³/mol. The largest absolute Gasteiger partial charge is 0.444 e. The van der Waals surface area contributed by atoms with E-state index in [1.807, 2.05) is 65.1 Å². The number of hydrogen-bond acceptors (Lipinski definition) is 5. The maximum Gasteiger partial charge on any atom is 0.410 e. The first-order chi connectivity index (χ1) is 13.6. The van der Waals surface area contributed by atoms with E-state index < -0.39 is 5.60 Å². The van der Waals surface area contributed by atoms with Crippen LogP contribution in [0.3, 0.4) is 0 Å². The van der Waals surface area contributed by atoms with Gasteiger partial charge >= 0.3 is 6.09 Å². The Morgan fingerprint density at radius 2 is 1.69 bits per heavy atom. The molecule has 29 heavy (non-hydrogen) atoms. The summed E-state index contributed by atoms with van der Waals surface area (Å²) in [7, 11) is 0. The molecule has 0 atom stereocenters. The summed E-state index contributed by atoms with van der Waals surface area (Å²) >= 11 is 3.32. The lowest BCUT2D eigenvalue weighted by molar-refractivity contribution is 0.0210. The number of anilines is 1. The van der Waals surface area contributed by atoms with Gasteiger partial charge in [0.25, 0.3) is 0 Å². The van der Waals surface area contributed by atoms with E-state index in [4.69, 9.17) is 4.74 Å². The number of ether oxygens (including phenoxy) is 1. The Kier molecular flexibility index (Phi) is 8.44. The molecule has 1 fully saturated rings.